The van der Waals surface area contributed by atoms with Crippen LogP contribution in [0.1, 0.15) is 401 Å². The Morgan fingerprint density at radius 1 is 0.284 bits per heavy atom. The van der Waals surface area contributed by atoms with E-state index in [4.69, 9.17) is 37.0 Å². The quantitative estimate of drug-likeness (QED) is 0.0222. The minimum atomic E-state index is -4.95. The van der Waals surface area contributed by atoms with Gasteiger partial charge in [0.1, 0.15) is 19.3 Å². The molecule has 0 rings (SSSR count). The molecule has 19 heteroatoms. The summed E-state index contributed by atoms with van der Waals surface area (Å²) in [5.41, 5.74) is 0. The molecule has 0 amide bonds. The van der Waals surface area contributed by atoms with E-state index < -0.39 is 97.5 Å². The van der Waals surface area contributed by atoms with Gasteiger partial charge in [-0.05, 0) is 31.6 Å². The minimum absolute atomic E-state index is 0.108. The van der Waals surface area contributed by atoms with Gasteiger partial charge in [0, 0.05) is 25.7 Å². The summed E-state index contributed by atoms with van der Waals surface area (Å²) in [6.45, 7) is 7.24. The summed E-state index contributed by atoms with van der Waals surface area (Å²) in [6.07, 6.45) is 58.6. The Morgan fingerprint density at radius 3 is 0.716 bits per heavy atom. The average molecular weight is 1400 g/mol. The first-order valence-electron chi connectivity index (χ1n) is 39.6. The molecule has 0 aromatic rings. The van der Waals surface area contributed by atoms with Crippen LogP contribution in [0.25, 0.3) is 0 Å². The van der Waals surface area contributed by atoms with E-state index in [9.17, 15) is 43.2 Å². The maximum atomic E-state index is 13.1. The number of phosphoric ester groups is 2. The molecule has 0 aliphatic heterocycles. The van der Waals surface area contributed by atoms with Gasteiger partial charge in [0.2, 0.25) is 0 Å². The van der Waals surface area contributed by atoms with Crippen LogP contribution in [0.3, 0.4) is 0 Å². The van der Waals surface area contributed by atoms with Crippen molar-refractivity contribution in [2.75, 3.05) is 39.6 Å². The molecule has 0 fully saturated rings. The fourth-order valence-corrected chi connectivity index (χ4v) is 13.3. The molecule has 564 valence electrons. The lowest BCUT2D eigenvalue weighted by atomic mass is 10.0. The first-order valence-corrected chi connectivity index (χ1v) is 42.6. The lowest BCUT2D eigenvalue weighted by molar-refractivity contribution is -0.161. The topological polar surface area (TPSA) is 237 Å². The standard InChI is InChI=1S/C76H148O17P2/c1-6-9-12-15-17-19-21-23-25-27-29-33-37-41-45-50-55-60-74(79)87-66-72(93-76(81)62-57-52-47-43-39-35-31-30-32-36-40-44-49-53-58-69(4)5)68-91-95(84,85)89-64-70(77)63-88-94(82,83)90-67-71(65-86-73(78)59-54-48-14-11-8-3)92-75(80)61-56-51-46-42-38-34-28-26-24-22-20-18-16-13-10-7-2/h69-72,77H,6-68H2,1-5H3,(H,82,83)(H,84,85)/t70-,71+,72+/m0/s1. The number of rotatable bonds is 76. The molecule has 0 heterocycles. The summed E-state index contributed by atoms with van der Waals surface area (Å²) in [7, 11) is -9.90. The second kappa shape index (κ2) is 69.2. The predicted molar refractivity (Wildman–Crippen MR) is 386 cm³/mol. The Labute approximate surface area is 581 Å². The second-order valence-electron chi connectivity index (χ2n) is 27.9. The molecule has 95 heavy (non-hydrogen) atoms. The van der Waals surface area contributed by atoms with E-state index in [1.807, 2.05) is 0 Å². The Balaban J connectivity index is 5.13. The summed E-state index contributed by atoms with van der Waals surface area (Å²) < 4.78 is 68.3. The van der Waals surface area contributed by atoms with Crippen molar-refractivity contribution in [1.82, 2.24) is 0 Å². The third-order valence-corrected chi connectivity index (χ3v) is 19.7. The Hall–Kier alpha value is -1.94. The molecule has 2 unspecified atom stereocenters. The van der Waals surface area contributed by atoms with Gasteiger partial charge in [0.15, 0.2) is 12.2 Å². The smallest absolute Gasteiger partial charge is 0.462 e. The van der Waals surface area contributed by atoms with Crippen LogP contribution in [0.5, 0.6) is 0 Å². The zero-order valence-electron chi connectivity index (χ0n) is 61.8. The van der Waals surface area contributed by atoms with Crippen molar-refractivity contribution in [2.45, 2.75) is 419 Å². The minimum Gasteiger partial charge on any atom is -0.462 e. The van der Waals surface area contributed by atoms with Crippen molar-refractivity contribution in [3.05, 3.63) is 0 Å². The van der Waals surface area contributed by atoms with Crippen molar-refractivity contribution in [3.63, 3.8) is 0 Å². The molecule has 17 nitrogen and oxygen atoms in total. The monoisotopic (exact) mass is 1400 g/mol. The fraction of sp³-hybridized carbons (Fsp3) is 0.947. The van der Waals surface area contributed by atoms with Gasteiger partial charge in [-0.1, -0.05) is 349 Å². The van der Waals surface area contributed by atoms with Crippen LogP contribution in [-0.2, 0) is 65.4 Å². The van der Waals surface area contributed by atoms with Crippen LogP contribution >= 0.6 is 15.6 Å². The molecular formula is C76H148O17P2. The van der Waals surface area contributed by atoms with Gasteiger partial charge in [-0.3, -0.25) is 37.3 Å². The van der Waals surface area contributed by atoms with Crippen molar-refractivity contribution in [1.29, 1.82) is 0 Å². The molecule has 5 atom stereocenters. The number of hydrogen-bond donors (Lipinski definition) is 3. The zero-order valence-corrected chi connectivity index (χ0v) is 63.6. The summed E-state index contributed by atoms with van der Waals surface area (Å²) >= 11 is 0. The highest BCUT2D eigenvalue weighted by Gasteiger charge is 2.30. The van der Waals surface area contributed by atoms with E-state index >= 15 is 0 Å². The number of unbranched alkanes of at least 4 members (excludes halogenated alkanes) is 48. The summed E-state index contributed by atoms with van der Waals surface area (Å²) in [4.78, 5) is 72.6. The molecule has 0 bridgehead atoms. The van der Waals surface area contributed by atoms with Crippen LogP contribution in [0.15, 0.2) is 0 Å². The maximum Gasteiger partial charge on any atom is 0.472 e. The number of aliphatic hydroxyl groups excluding tert-OH is 1. The Kier molecular flexibility index (Phi) is 67.7. The molecule has 0 aromatic heterocycles. The highest BCUT2D eigenvalue weighted by molar-refractivity contribution is 7.47. The van der Waals surface area contributed by atoms with E-state index in [0.717, 1.165) is 102 Å². The number of esters is 4. The molecular weight excluding hydrogens is 1250 g/mol. The Morgan fingerprint density at radius 2 is 0.484 bits per heavy atom. The number of aliphatic hydroxyl groups is 1. The van der Waals surface area contributed by atoms with E-state index in [-0.39, 0.29) is 25.7 Å². The van der Waals surface area contributed by atoms with Crippen LogP contribution in [0, 0.1) is 5.92 Å². The second-order valence-corrected chi connectivity index (χ2v) is 30.8. The van der Waals surface area contributed by atoms with Gasteiger partial charge >= 0.3 is 39.5 Å². The predicted octanol–water partition coefficient (Wildman–Crippen LogP) is 22.5. The number of phosphoric acid groups is 2. The molecule has 0 aromatic carbocycles. The van der Waals surface area contributed by atoms with Crippen molar-refractivity contribution < 1.29 is 80.2 Å². The summed E-state index contributed by atoms with van der Waals surface area (Å²) in [5, 5.41) is 10.6. The molecule has 0 spiro atoms. The zero-order chi connectivity index (χ0) is 69.8. The summed E-state index contributed by atoms with van der Waals surface area (Å²) in [5.74, 6) is -1.33. The van der Waals surface area contributed by atoms with Crippen LogP contribution in [0.2, 0.25) is 0 Å². The number of hydrogen-bond acceptors (Lipinski definition) is 15. The Bertz CT molecular complexity index is 1820. The number of carbonyl (C=O) groups is 4. The number of carbonyl (C=O) groups excluding carboxylic acids is 4. The fourth-order valence-electron chi connectivity index (χ4n) is 11.7. The van der Waals surface area contributed by atoms with E-state index in [0.29, 0.717) is 25.7 Å². The lowest BCUT2D eigenvalue weighted by Gasteiger charge is -2.21. The van der Waals surface area contributed by atoms with Gasteiger partial charge in [-0.2, -0.15) is 0 Å². The SMILES string of the molecule is CCCCCCCCCCCCCCCCCCCC(=O)OC[C@H](COP(=O)(O)OC[C@@H](O)COP(=O)(O)OC[C@@H](COC(=O)CCCCCCC)OC(=O)CCCCCCCCCCCCCCCCCC)OC(=O)CCCCCCCCCCCCCCCCC(C)C. The largest absolute Gasteiger partial charge is 0.472 e. The highest BCUT2D eigenvalue weighted by atomic mass is 31.2. The molecule has 0 aliphatic rings. The van der Waals surface area contributed by atoms with Gasteiger partial charge < -0.3 is 33.8 Å². The maximum absolute atomic E-state index is 13.1. The van der Waals surface area contributed by atoms with Gasteiger partial charge in [-0.25, -0.2) is 9.13 Å². The lowest BCUT2D eigenvalue weighted by Crippen LogP contribution is -2.30. The van der Waals surface area contributed by atoms with Crippen LogP contribution in [-0.4, -0.2) is 96.7 Å². The van der Waals surface area contributed by atoms with Gasteiger partial charge in [-0.15, -0.1) is 0 Å². The highest BCUT2D eigenvalue weighted by Crippen LogP contribution is 2.45. The van der Waals surface area contributed by atoms with Gasteiger partial charge in [0.25, 0.3) is 0 Å². The molecule has 0 radical (unpaired) electrons. The molecule has 0 aliphatic carbocycles. The van der Waals surface area contributed by atoms with E-state index in [1.54, 1.807) is 0 Å². The third-order valence-electron chi connectivity index (χ3n) is 17.8. The number of ether oxygens (including phenoxy) is 4. The van der Waals surface area contributed by atoms with Crippen molar-refractivity contribution in [3.8, 4) is 0 Å². The van der Waals surface area contributed by atoms with Gasteiger partial charge in [0.05, 0.1) is 26.4 Å². The van der Waals surface area contributed by atoms with E-state index in [2.05, 4.69) is 34.6 Å². The third kappa shape index (κ3) is 70.3. The molecule has 0 saturated heterocycles. The average Bonchev–Trinajstić information content (AvgIpc) is 3.58. The normalized spacial score (nSPS) is 13.9. The molecule has 3 N–H and O–H groups in total. The van der Waals surface area contributed by atoms with Crippen molar-refractivity contribution >= 4 is 39.5 Å². The van der Waals surface area contributed by atoms with Crippen LogP contribution < -0.4 is 0 Å². The summed E-state index contributed by atoms with van der Waals surface area (Å²) in [6, 6.07) is 0. The van der Waals surface area contributed by atoms with Crippen LogP contribution in [0.4, 0.5) is 0 Å². The first-order chi connectivity index (χ1) is 46.0. The first kappa shape index (κ1) is 93.1. The molecule has 0 saturated carbocycles. The van der Waals surface area contributed by atoms with E-state index in [1.165, 1.54) is 218 Å². The van der Waals surface area contributed by atoms with Crippen molar-refractivity contribution in [2.24, 2.45) is 5.92 Å².